The van der Waals surface area contributed by atoms with Gasteiger partial charge in [0.2, 0.25) is 0 Å². The van der Waals surface area contributed by atoms with Crippen molar-refractivity contribution >= 4 is 0 Å². The predicted octanol–water partition coefficient (Wildman–Crippen LogP) is 2.80. The van der Waals surface area contributed by atoms with Gasteiger partial charge in [0.1, 0.15) is 17.1 Å². The smallest absolute Gasteiger partial charge is 0.127 e. The Balaban J connectivity index is 2.47. The second kappa shape index (κ2) is 2.91. The number of hydrogen-bond donors (Lipinski definition) is 1. The van der Waals surface area contributed by atoms with Crippen molar-refractivity contribution in [3.8, 4) is 11.5 Å². The van der Waals surface area contributed by atoms with Crippen LogP contribution in [0.15, 0.2) is 12.1 Å². The molecule has 0 aliphatic carbocycles. The summed E-state index contributed by atoms with van der Waals surface area (Å²) in [6.07, 6.45) is 2.07. The van der Waals surface area contributed by atoms with Crippen molar-refractivity contribution in [2.45, 2.75) is 39.2 Å². The van der Waals surface area contributed by atoms with Crippen LogP contribution in [-0.2, 0) is 6.42 Å². The van der Waals surface area contributed by atoms with Gasteiger partial charge in [-0.25, -0.2) is 0 Å². The number of phenols is 1. The van der Waals surface area contributed by atoms with Crippen LogP contribution in [0.3, 0.4) is 0 Å². The lowest BCUT2D eigenvalue weighted by Gasteiger charge is -2.33. The molecular weight excluding hydrogens is 176 g/mol. The molecule has 0 fully saturated rings. The van der Waals surface area contributed by atoms with E-state index in [2.05, 4.69) is 13.8 Å². The topological polar surface area (TPSA) is 29.5 Å². The summed E-state index contributed by atoms with van der Waals surface area (Å²) in [7, 11) is 0. The van der Waals surface area contributed by atoms with E-state index in [-0.39, 0.29) is 5.60 Å². The molecule has 76 valence electrons. The summed E-state index contributed by atoms with van der Waals surface area (Å²) in [4.78, 5) is 0. The number of hydrogen-bond acceptors (Lipinski definition) is 2. The average molecular weight is 192 g/mol. The molecular formula is C12H16O2. The normalized spacial score (nSPS) is 18.5. The fourth-order valence-corrected chi connectivity index (χ4v) is 1.95. The Kier molecular flexibility index (Phi) is 1.95. The van der Waals surface area contributed by atoms with Crippen molar-refractivity contribution in [2.75, 3.05) is 0 Å². The lowest BCUT2D eigenvalue weighted by atomic mass is 9.92. The van der Waals surface area contributed by atoms with Gasteiger partial charge < -0.3 is 9.84 Å². The Bertz CT molecular complexity index is 367. The van der Waals surface area contributed by atoms with Gasteiger partial charge in [0.25, 0.3) is 0 Å². The standard InChI is InChI=1S/C12H16O2/c1-8-6-9(13)7-11-10(8)4-5-12(2,3)14-11/h6-7,13H,4-5H2,1-3H3. The molecule has 1 aliphatic heterocycles. The zero-order valence-corrected chi connectivity index (χ0v) is 8.92. The summed E-state index contributed by atoms with van der Waals surface area (Å²) < 4.78 is 5.82. The minimum absolute atomic E-state index is 0.104. The summed E-state index contributed by atoms with van der Waals surface area (Å²) in [6.45, 7) is 6.17. The van der Waals surface area contributed by atoms with Gasteiger partial charge in [-0.15, -0.1) is 0 Å². The first-order valence-corrected chi connectivity index (χ1v) is 4.99. The van der Waals surface area contributed by atoms with Crippen molar-refractivity contribution in [2.24, 2.45) is 0 Å². The lowest BCUT2D eigenvalue weighted by Crippen LogP contribution is -2.32. The number of benzene rings is 1. The minimum atomic E-state index is -0.104. The molecule has 0 atom stereocenters. The molecule has 0 bridgehead atoms. The predicted molar refractivity (Wildman–Crippen MR) is 55.9 cm³/mol. The van der Waals surface area contributed by atoms with E-state index < -0.39 is 0 Å². The molecule has 0 amide bonds. The fraction of sp³-hybridized carbons (Fsp3) is 0.500. The first-order chi connectivity index (χ1) is 6.48. The third-order valence-corrected chi connectivity index (χ3v) is 2.78. The van der Waals surface area contributed by atoms with Crippen LogP contribution in [0.1, 0.15) is 31.4 Å². The number of aromatic hydroxyl groups is 1. The van der Waals surface area contributed by atoms with Gasteiger partial charge in [-0.3, -0.25) is 0 Å². The number of fused-ring (bicyclic) bond motifs is 1. The lowest BCUT2D eigenvalue weighted by molar-refractivity contribution is 0.0841. The zero-order valence-electron chi connectivity index (χ0n) is 8.92. The highest BCUT2D eigenvalue weighted by Gasteiger charge is 2.27. The minimum Gasteiger partial charge on any atom is -0.508 e. The second-order valence-electron chi connectivity index (χ2n) is 4.60. The molecule has 2 heteroatoms. The number of phenolic OH excluding ortho intramolecular Hbond substituents is 1. The Morgan fingerprint density at radius 1 is 1.36 bits per heavy atom. The quantitative estimate of drug-likeness (QED) is 0.685. The summed E-state index contributed by atoms with van der Waals surface area (Å²) >= 11 is 0. The Labute approximate surface area is 84.5 Å². The van der Waals surface area contributed by atoms with Crippen LogP contribution in [0, 0.1) is 6.92 Å². The maximum Gasteiger partial charge on any atom is 0.127 e. The highest BCUT2D eigenvalue weighted by atomic mass is 16.5. The van der Waals surface area contributed by atoms with Crippen molar-refractivity contribution in [3.63, 3.8) is 0 Å². The molecule has 0 radical (unpaired) electrons. The van der Waals surface area contributed by atoms with E-state index in [1.54, 1.807) is 12.1 Å². The Morgan fingerprint density at radius 3 is 2.79 bits per heavy atom. The van der Waals surface area contributed by atoms with Crippen LogP contribution in [-0.4, -0.2) is 10.7 Å². The fourth-order valence-electron chi connectivity index (χ4n) is 1.95. The molecule has 14 heavy (non-hydrogen) atoms. The number of ether oxygens (including phenoxy) is 1. The van der Waals surface area contributed by atoms with Gasteiger partial charge in [0, 0.05) is 6.07 Å². The molecule has 2 nitrogen and oxygen atoms in total. The molecule has 0 unspecified atom stereocenters. The maximum absolute atomic E-state index is 9.46. The van der Waals surface area contributed by atoms with Gasteiger partial charge in [-0.05, 0) is 50.8 Å². The molecule has 1 heterocycles. The molecule has 0 aromatic heterocycles. The number of rotatable bonds is 0. The van der Waals surface area contributed by atoms with Crippen LogP contribution in [0.2, 0.25) is 0 Å². The van der Waals surface area contributed by atoms with Crippen molar-refractivity contribution < 1.29 is 9.84 Å². The molecule has 1 N–H and O–H groups in total. The molecule has 0 saturated heterocycles. The SMILES string of the molecule is Cc1cc(O)cc2c1CCC(C)(C)O2. The molecule has 0 saturated carbocycles. The third-order valence-electron chi connectivity index (χ3n) is 2.78. The first-order valence-electron chi connectivity index (χ1n) is 4.99. The van der Waals surface area contributed by atoms with Crippen LogP contribution in [0.5, 0.6) is 11.5 Å². The van der Waals surface area contributed by atoms with Crippen LogP contribution >= 0.6 is 0 Å². The summed E-state index contributed by atoms with van der Waals surface area (Å²) in [5, 5.41) is 9.46. The molecule has 2 rings (SSSR count). The zero-order chi connectivity index (χ0) is 10.3. The summed E-state index contributed by atoms with van der Waals surface area (Å²) in [6, 6.07) is 3.50. The van der Waals surface area contributed by atoms with E-state index in [0.717, 1.165) is 24.2 Å². The molecule has 0 spiro atoms. The monoisotopic (exact) mass is 192 g/mol. The van der Waals surface area contributed by atoms with E-state index in [1.807, 2.05) is 6.92 Å². The van der Waals surface area contributed by atoms with Crippen LogP contribution in [0.25, 0.3) is 0 Å². The molecule has 1 aliphatic rings. The third kappa shape index (κ3) is 1.57. The van der Waals surface area contributed by atoms with Crippen molar-refractivity contribution in [1.29, 1.82) is 0 Å². The van der Waals surface area contributed by atoms with Crippen LogP contribution in [0.4, 0.5) is 0 Å². The van der Waals surface area contributed by atoms with E-state index in [9.17, 15) is 5.11 Å². The average Bonchev–Trinajstić information content (AvgIpc) is 2.00. The highest BCUT2D eigenvalue weighted by molar-refractivity contribution is 5.47. The Morgan fingerprint density at radius 2 is 2.07 bits per heavy atom. The van der Waals surface area contributed by atoms with E-state index in [4.69, 9.17) is 4.74 Å². The highest BCUT2D eigenvalue weighted by Crippen LogP contribution is 2.37. The Hall–Kier alpha value is -1.18. The summed E-state index contributed by atoms with van der Waals surface area (Å²) in [5.41, 5.74) is 2.25. The van der Waals surface area contributed by atoms with Gasteiger partial charge in [-0.2, -0.15) is 0 Å². The molecule has 1 aromatic carbocycles. The van der Waals surface area contributed by atoms with Gasteiger partial charge in [0.05, 0.1) is 0 Å². The van der Waals surface area contributed by atoms with Crippen molar-refractivity contribution in [1.82, 2.24) is 0 Å². The summed E-state index contributed by atoms with van der Waals surface area (Å²) in [5.74, 6) is 1.14. The van der Waals surface area contributed by atoms with Crippen LogP contribution < -0.4 is 4.74 Å². The number of aryl methyl sites for hydroxylation is 1. The largest absolute Gasteiger partial charge is 0.508 e. The van der Waals surface area contributed by atoms with E-state index in [0.29, 0.717) is 5.75 Å². The maximum atomic E-state index is 9.46. The first kappa shape index (κ1) is 9.38. The van der Waals surface area contributed by atoms with E-state index >= 15 is 0 Å². The van der Waals surface area contributed by atoms with E-state index in [1.165, 1.54) is 5.56 Å². The second-order valence-corrected chi connectivity index (χ2v) is 4.60. The van der Waals surface area contributed by atoms with Crippen molar-refractivity contribution in [3.05, 3.63) is 23.3 Å². The van der Waals surface area contributed by atoms with Gasteiger partial charge in [0.15, 0.2) is 0 Å². The van der Waals surface area contributed by atoms with Gasteiger partial charge >= 0.3 is 0 Å². The molecule has 1 aromatic rings. The van der Waals surface area contributed by atoms with Gasteiger partial charge in [-0.1, -0.05) is 0 Å².